The van der Waals surface area contributed by atoms with E-state index in [4.69, 9.17) is 28.2 Å². The molecule has 8 heteroatoms. The van der Waals surface area contributed by atoms with Gasteiger partial charge in [-0.2, -0.15) is 8.78 Å². The predicted molar refractivity (Wildman–Crippen MR) is 128 cm³/mol. The van der Waals surface area contributed by atoms with E-state index in [0.29, 0.717) is 39.5 Å². The van der Waals surface area contributed by atoms with Gasteiger partial charge in [-0.3, -0.25) is 9.98 Å². The highest BCUT2D eigenvalue weighted by Gasteiger charge is 2.28. The first-order valence-electron chi connectivity index (χ1n) is 10.0. The highest BCUT2D eigenvalue weighted by atomic mass is 35.5. The van der Waals surface area contributed by atoms with Crippen molar-refractivity contribution in [1.82, 2.24) is 0 Å². The zero-order chi connectivity index (χ0) is 23.8. The molecule has 0 radical (unpaired) electrons. The molecule has 2 heterocycles. The normalized spacial score (nSPS) is 18.2. The quantitative estimate of drug-likeness (QED) is 0.484. The molecule has 0 amide bonds. The second-order valence-corrected chi connectivity index (χ2v) is 8.60. The monoisotopic (exact) mass is 486 g/mol. The summed E-state index contributed by atoms with van der Waals surface area (Å²) in [6, 6.07) is 11.0. The number of rotatable bonds is 5. The van der Waals surface area contributed by atoms with E-state index in [9.17, 15) is 18.7 Å². The molecule has 168 valence electrons. The fraction of sp³-hybridized carbons (Fsp3) is 0.160. The topological polar surface area (TPSA) is 62.0 Å². The van der Waals surface area contributed by atoms with Crippen LogP contribution in [0.15, 0.2) is 83.0 Å². The second kappa shape index (κ2) is 9.04. The van der Waals surface area contributed by atoms with Crippen molar-refractivity contribution >= 4 is 46.2 Å². The molecule has 2 aliphatic rings. The Morgan fingerprint density at radius 2 is 1.76 bits per heavy atom. The third-order valence-electron chi connectivity index (χ3n) is 5.49. The zero-order valence-electron chi connectivity index (χ0n) is 17.2. The summed E-state index contributed by atoms with van der Waals surface area (Å²) in [6.45, 7) is 3.45. The van der Waals surface area contributed by atoms with Crippen LogP contribution in [-0.2, 0) is 10.7 Å². The van der Waals surface area contributed by atoms with Crippen molar-refractivity contribution in [3.8, 4) is 0 Å². The average Bonchev–Trinajstić information content (AvgIpc) is 2.97. The van der Waals surface area contributed by atoms with Crippen molar-refractivity contribution < 1.29 is 18.7 Å². The maximum Gasteiger partial charge on any atom is 0.354 e. The first-order valence-corrected chi connectivity index (χ1v) is 10.8. The summed E-state index contributed by atoms with van der Waals surface area (Å²) in [5.41, 5.74) is 3.10. The molecule has 2 aromatic rings. The van der Waals surface area contributed by atoms with Gasteiger partial charge in [0.2, 0.25) is 0 Å². The second-order valence-electron chi connectivity index (χ2n) is 7.73. The van der Waals surface area contributed by atoms with Crippen LogP contribution in [0.3, 0.4) is 0 Å². The van der Waals surface area contributed by atoms with Gasteiger partial charge >= 0.3 is 5.97 Å². The SMILES string of the molecule is C=CC(F)(F)c1ccc(C2=NC3=CC(C(=O)O)=NCC3CC(c3cc(Cl)cc(Cl)c3)=C2)cc1. The van der Waals surface area contributed by atoms with Crippen LogP contribution in [0.5, 0.6) is 0 Å². The van der Waals surface area contributed by atoms with E-state index in [-0.39, 0.29) is 23.7 Å². The number of benzene rings is 2. The summed E-state index contributed by atoms with van der Waals surface area (Å²) < 4.78 is 27.9. The van der Waals surface area contributed by atoms with Gasteiger partial charge in [-0.25, -0.2) is 4.79 Å². The van der Waals surface area contributed by atoms with E-state index in [1.807, 2.05) is 6.08 Å². The summed E-state index contributed by atoms with van der Waals surface area (Å²) >= 11 is 12.4. The van der Waals surface area contributed by atoms with Crippen LogP contribution in [0.1, 0.15) is 23.1 Å². The van der Waals surface area contributed by atoms with Crippen LogP contribution in [0.25, 0.3) is 5.57 Å². The highest BCUT2D eigenvalue weighted by Crippen LogP contribution is 2.36. The van der Waals surface area contributed by atoms with Crippen molar-refractivity contribution in [2.24, 2.45) is 15.9 Å². The lowest BCUT2D eigenvalue weighted by Crippen LogP contribution is -2.20. The molecule has 0 saturated carbocycles. The number of allylic oxidation sites excluding steroid dienone is 3. The Balaban J connectivity index is 1.82. The van der Waals surface area contributed by atoms with Crippen LogP contribution >= 0.6 is 23.2 Å². The van der Waals surface area contributed by atoms with Crippen LogP contribution < -0.4 is 0 Å². The number of hydrogen-bond donors (Lipinski definition) is 1. The molecule has 33 heavy (non-hydrogen) atoms. The summed E-state index contributed by atoms with van der Waals surface area (Å²) in [5, 5.41) is 10.3. The van der Waals surface area contributed by atoms with Gasteiger partial charge in [0.1, 0.15) is 5.71 Å². The molecular formula is C25H18Cl2F2N2O2. The van der Waals surface area contributed by atoms with Gasteiger partial charge in [-0.15, -0.1) is 0 Å². The molecule has 2 aliphatic heterocycles. The van der Waals surface area contributed by atoms with E-state index in [0.717, 1.165) is 11.1 Å². The van der Waals surface area contributed by atoms with Crippen LogP contribution in [-0.4, -0.2) is 29.0 Å². The number of alkyl halides is 2. The van der Waals surface area contributed by atoms with Crippen LogP contribution in [0, 0.1) is 5.92 Å². The van der Waals surface area contributed by atoms with E-state index in [1.54, 1.807) is 30.3 Å². The highest BCUT2D eigenvalue weighted by molar-refractivity contribution is 6.40. The molecule has 0 aromatic heterocycles. The van der Waals surface area contributed by atoms with Gasteiger partial charge < -0.3 is 5.11 Å². The molecular weight excluding hydrogens is 469 g/mol. The molecule has 0 bridgehead atoms. The molecule has 1 atom stereocenters. The van der Waals surface area contributed by atoms with Crippen molar-refractivity contribution in [2.75, 3.05) is 6.54 Å². The van der Waals surface area contributed by atoms with E-state index < -0.39 is 11.9 Å². The molecule has 2 aromatic carbocycles. The lowest BCUT2D eigenvalue weighted by molar-refractivity contribution is -0.129. The summed E-state index contributed by atoms with van der Waals surface area (Å²) in [4.78, 5) is 20.3. The Morgan fingerprint density at radius 3 is 2.36 bits per heavy atom. The van der Waals surface area contributed by atoms with Crippen LogP contribution in [0.2, 0.25) is 10.0 Å². The van der Waals surface area contributed by atoms with E-state index >= 15 is 0 Å². The number of carbonyl (C=O) groups is 1. The number of halogens is 4. The molecule has 4 nitrogen and oxygen atoms in total. The summed E-state index contributed by atoms with van der Waals surface area (Å²) in [6.07, 6.45) is 4.43. The third-order valence-corrected chi connectivity index (χ3v) is 5.92. The lowest BCUT2D eigenvalue weighted by Gasteiger charge is -2.19. The summed E-state index contributed by atoms with van der Waals surface area (Å²) in [5.74, 6) is -4.43. The number of carboxylic acids is 1. The van der Waals surface area contributed by atoms with E-state index in [1.165, 1.54) is 18.2 Å². The minimum absolute atomic E-state index is 0.0698. The zero-order valence-corrected chi connectivity index (χ0v) is 18.7. The van der Waals surface area contributed by atoms with Crippen molar-refractivity contribution in [3.05, 3.63) is 99.7 Å². The molecule has 0 aliphatic carbocycles. The average molecular weight is 487 g/mol. The van der Waals surface area contributed by atoms with Crippen molar-refractivity contribution in [3.63, 3.8) is 0 Å². The van der Waals surface area contributed by atoms with Gasteiger partial charge in [0, 0.05) is 39.3 Å². The Hall–Kier alpha value is -3.09. The number of aliphatic carboxylic acids is 1. The van der Waals surface area contributed by atoms with Gasteiger partial charge in [-0.1, -0.05) is 54.0 Å². The Kier molecular flexibility index (Phi) is 6.32. The van der Waals surface area contributed by atoms with Gasteiger partial charge in [0.25, 0.3) is 5.92 Å². The number of fused-ring (bicyclic) bond motifs is 1. The fourth-order valence-corrected chi connectivity index (χ4v) is 4.28. The minimum atomic E-state index is -3.15. The van der Waals surface area contributed by atoms with Gasteiger partial charge in [-0.05, 0) is 54.0 Å². The standard InChI is InChI=1S/C25H18Cl2F2N2O2/c1-2-25(28,29)18-5-3-14(4-6-18)21-10-15(16-8-19(26)11-20(27)9-16)7-17-13-30-23(24(32)33)12-22(17)31-21/h2-6,8-12,17H,1,7,13H2,(H,32,33). The molecule has 4 rings (SSSR count). The first kappa shape index (κ1) is 23.1. The van der Waals surface area contributed by atoms with Gasteiger partial charge in [0.05, 0.1) is 5.71 Å². The minimum Gasteiger partial charge on any atom is -0.477 e. The van der Waals surface area contributed by atoms with E-state index in [2.05, 4.69) is 11.6 Å². The number of hydrogen-bond acceptors (Lipinski definition) is 3. The maximum atomic E-state index is 14.0. The van der Waals surface area contributed by atoms with Crippen molar-refractivity contribution in [2.45, 2.75) is 12.3 Å². The van der Waals surface area contributed by atoms with Gasteiger partial charge in [0.15, 0.2) is 0 Å². The molecule has 1 N–H and O–H groups in total. The maximum absolute atomic E-state index is 14.0. The Bertz CT molecular complexity index is 1240. The molecule has 0 saturated heterocycles. The fourth-order valence-electron chi connectivity index (χ4n) is 3.76. The summed E-state index contributed by atoms with van der Waals surface area (Å²) in [7, 11) is 0. The smallest absolute Gasteiger partial charge is 0.354 e. The predicted octanol–water partition coefficient (Wildman–Crippen LogP) is 6.59. The number of nitrogens with zero attached hydrogens (tertiary/aromatic N) is 2. The number of aliphatic imine (C=N–C) groups is 2. The lowest BCUT2D eigenvalue weighted by atomic mass is 9.90. The Labute approximate surface area is 199 Å². The Morgan fingerprint density at radius 1 is 1.09 bits per heavy atom. The van der Waals surface area contributed by atoms with Crippen LogP contribution in [0.4, 0.5) is 8.78 Å². The first-order chi connectivity index (χ1) is 15.7. The number of dihydropyridines is 1. The molecule has 0 fully saturated rings. The largest absolute Gasteiger partial charge is 0.477 e. The number of carboxylic acid groups (broad SMARTS) is 1. The third kappa shape index (κ3) is 4.97. The molecule has 1 unspecified atom stereocenters. The van der Waals surface area contributed by atoms with Crippen molar-refractivity contribution in [1.29, 1.82) is 0 Å². The molecule has 0 spiro atoms.